The van der Waals surface area contributed by atoms with Gasteiger partial charge in [0.2, 0.25) is 11.8 Å². The number of halogens is 2. The molecule has 1 heterocycles. The van der Waals surface area contributed by atoms with Crippen molar-refractivity contribution < 1.29 is 9.59 Å². The van der Waals surface area contributed by atoms with E-state index in [0.717, 1.165) is 10.0 Å². The van der Waals surface area contributed by atoms with Gasteiger partial charge in [-0.25, -0.2) is 4.98 Å². The van der Waals surface area contributed by atoms with E-state index in [0.29, 0.717) is 21.6 Å². The molecule has 0 radical (unpaired) electrons. The van der Waals surface area contributed by atoms with Crippen LogP contribution >= 0.6 is 27.5 Å². The van der Waals surface area contributed by atoms with E-state index in [2.05, 4.69) is 31.5 Å². The van der Waals surface area contributed by atoms with E-state index in [4.69, 9.17) is 11.6 Å². The summed E-state index contributed by atoms with van der Waals surface area (Å²) in [5.41, 5.74) is 1.64. The first-order valence-electron chi connectivity index (χ1n) is 8.31. The Morgan fingerprint density at radius 2 is 1.96 bits per heavy atom. The molecule has 1 aromatic heterocycles. The van der Waals surface area contributed by atoms with Crippen LogP contribution in [0, 0.1) is 6.92 Å². The van der Waals surface area contributed by atoms with Crippen LogP contribution in [0.25, 0.3) is 10.9 Å². The lowest BCUT2D eigenvalue weighted by Gasteiger charge is -2.10. The van der Waals surface area contributed by atoms with Gasteiger partial charge in [0.15, 0.2) is 0 Å². The number of fused-ring (bicyclic) bond motifs is 1. The number of carbonyl (C=O) groups excluding carboxylic acids is 2. The fraction of sp³-hybridized carbons (Fsp3) is 0.158. The zero-order valence-electron chi connectivity index (χ0n) is 14.8. The van der Waals surface area contributed by atoms with Gasteiger partial charge >= 0.3 is 0 Å². The van der Waals surface area contributed by atoms with Crippen LogP contribution in [0.3, 0.4) is 0 Å². The van der Waals surface area contributed by atoms with Crippen molar-refractivity contribution in [3.63, 3.8) is 0 Å². The second kappa shape index (κ2) is 8.53. The minimum absolute atomic E-state index is 0.243. The van der Waals surface area contributed by atoms with Gasteiger partial charge in [0.05, 0.1) is 34.5 Å². The van der Waals surface area contributed by atoms with Crippen LogP contribution in [0.1, 0.15) is 5.56 Å². The summed E-state index contributed by atoms with van der Waals surface area (Å²) in [5.74, 6) is -0.907. The Morgan fingerprint density at radius 3 is 2.71 bits per heavy atom. The van der Waals surface area contributed by atoms with Crippen molar-refractivity contribution in [2.45, 2.75) is 13.5 Å². The van der Waals surface area contributed by atoms with E-state index in [1.165, 1.54) is 10.9 Å². The first-order valence-corrected chi connectivity index (χ1v) is 9.48. The minimum atomic E-state index is -0.483. The maximum Gasteiger partial charge on any atom is 0.261 e. The van der Waals surface area contributed by atoms with E-state index in [1.807, 2.05) is 13.0 Å². The molecule has 144 valence electrons. The third kappa shape index (κ3) is 4.76. The first kappa shape index (κ1) is 20.0. The number of benzene rings is 2. The van der Waals surface area contributed by atoms with Crippen LogP contribution in [-0.2, 0) is 16.1 Å². The molecule has 0 atom stereocenters. The zero-order valence-corrected chi connectivity index (χ0v) is 17.2. The molecule has 0 aliphatic heterocycles. The van der Waals surface area contributed by atoms with Crippen molar-refractivity contribution in [2.24, 2.45) is 0 Å². The average molecular weight is 464 g/mol. The predicted octanol–water partition coefficient (Wildman–Crippen LogP) is 2.88. The smallest absolute Gasteiger partial charge is 0.261 e. The number of aromatic nitrogens is 2. The van der Waals surface area contributed by atoms with Crippen molar-refractivity contribution in [1.82, 2.24) is 14.9 Å². The Bertz CT molecular complexity index is 1130. The molecular weight excluding hydrogens is 448 g/mol. The summed E-state index contributed by atoms with van der Waals surface area (Å²) in [6, 6.07) is 10.4. The molecule has 2 aromatic carbocycles. The summed E-state index contributed by atoms with van der Waals surface area (Å²) in [6.45, 7) is 1.40. The summed E-state index contributed by atoms with van der Waals surface area (Å²) in [6.07, 6.45) is 1.31. The summed E-state index contributed by atoms with van der Waals surface area (Å²) in [5, 5.41) is 5.92. The van der Waals surface area contributed by atoms with Crippen LogP contribution in [0.4, 0.5) is 5.69 Å². The Morgan fingerprint density at radius 1 is 1.18 bits per heavy atom. The molecule has 28 heavy (non-hydrogen) atoms. The standard InChI is InChI=1S/C19H16BrClN4O3/c1-11-2-4-16(14(21)6-11)24-17(26)8-22-18(27)9-25-10-23-15-5-3-12(20)7-13(15)19(25)28/h2-7,10H,8-9H2,1H3,(H,22,27)(H,24,26). The number of amides is 2. The largest absolute Gasteiger partial charge is 0.345 e. The molecule has 0 saturated carbocycles. The lowest BCUT2D eigenvalue weighted by atomic mass is 10.2. The second-order valence-corrected chi connectivity index (χ2v) is 7.47. The van der Waals surface area contributed by atoms with Crippen LogP contribution in [0.5, 0.6) is 0 Å². The molecule has 0 fully saturated rings. The molecule has 3 rings (SSSR count). The molecule has 0 aliphatic rings. The number of nitrogens with one attached hydrogen (secondary N) is 2. The number of nitrogens with zero attached hydrogens (tertiary/aromatic N) is 2. The summed E-state index contributed by atoms with van der Waals surface area (Å²) < 4.78 is 1.94. The third-order valence-corrected chi connectivity index (χ3v) is 4.75. The first-order chi connectivity index (χ1) is 13.3. The van der Waals surface area contributed by atoms with Gasteiger partial charge in [0.1, 0.15) is 6.54 Å². The van der Waals surface area contributed by atoms with E-state index in [-0.39, 0.29) is 18.6 Å². The summed E-state index contributed by atoms with van der Waals surface area (Å²) >= 11 is 9.38. The highest BCUT2D eigenvalue weighted by molar-refractivity contribution is 9.10. The van der Waals surface area contributed by atoms with E-state index in [1.54, 1.807) is 30.3 Å². The van der Waals surface area contributed by atoms with Crippen molar-refractivity contribution >= 4 is 55.9 Å². The molecule has 0 aliphatic carbocycles. The molecule has 0 bridgehead atoms. The third-order valence-electron chi connectivity index (χ3n) is 3.94. The molecule has 9 heteroatoms. The number of hydrogen-bond acceptors (Lipinski definition) is 4. The average Bonchev–Trinajstić information content (AvgIpc) is 2.65. The Kier molecular flexibility index (Phi) is 6.11. The number of rotatable bonds is 5. The van der Waals surface area contributed by atoms with E-state index < -0.39 is 11.8 Å². The Balaban J connectivity index is 1.61. The van der Waals surface area contributed by atoms with Crippen LogP contribution in [0.2, 0.25) is 5.02 Å². The van der Waals surface area contributed by atoms with Gasteiger partial charge in [-0.3, -0.25) is 19.0 Å². The van der Waals surface area contributed by atoms with Crippen molar-refractivity contribution in [2.75, 3.05) is 11.9 Å². The maximum absolute atomic E-state index is 12.5. The number of anilines is 1. The fourth-order valence-electron chi connectivity index (χ4n) is 2.55. The molecule has 3 aromatic rings. The van der Waals surface area contributed by atoms with E-state index in [9.17, 15) is 14.4 Å². The van der Waals surface area contributed by atoms with Gasteiger partial charge in [0, 0.05) is 4.47 Å². The Hall–Kier alpha value is -2.71. The van der Waals surface area contributed by atoms with Gasteiger partial charge in [-0.15, -0.1) is 0 Å². The van der Waals surface area contributed by atoms with Gasteiger partial charge in [-0.1, -0.05) is 33.6 Å². The highest BCUT2D eigenvalue weighted by atomic mass is 79.9. The predicted molar refractivity (Wildman–Crippen MR) is 112 cm³/mol. The maximum atomic E-state index is 12.5. The van der Waals surface area contributed by atoms with Crippen LogP contribution < -0.4 is 16.2 Å². The molecular formula is C19H16BrClN4O3. The van der Waals surface area contributed by atoms with E-state index >= 15 is 0 Å². The van der Waals surface area contributed by atoms with Gasteiger partial charge in [-0.2, -0.15) is 0 Å². The molecule has 0 unspecified atom stereocenters. The fourth-order valence-corrected chi connectivity index (χ4v) is 3.19. The zero-order chi connectivity index (χ0) is 20.3. The lowest BCUT2D eigenvalue weighted by Crippen LogP contribution is -2.37. The molecule has 0 saturated heterocycles. The molecule has 2 amide bonds. The molecule has 2 N–H and O–H groups in total. The SMILES string of the molecule is Cc1ccc(NC(=O)CNC(=O)Cn2cnc3ccc(Br)cc3c2=O)c(Cl)c1. The van der Waals surface area contributed by atoms with Gasteiger partial charge < -0.3 is 10.6 Å². The van der Waals surface area contributed by atoms with Crippen LogP contribution in [0.15, 0.2) is 52.0 Å². The highest BCUT2D eigenvalue weighted by Crippen LogP contribution is 2.22. The number of aryl methyl sites for hydroxylation is 1. The van der Waals surface area contributed by atoms with Crippen molar-refractivity contribution in [1.29, 1.82) is 0 Å². The van der Waals surface area contributed by atoms with Crippen molar-refractivity contribution in [3.05, 3.63) is 68.1 Å². The lowest BCUT2D eigenvalue weighted by molar-refractivity contribution is -0.124. The van der Waals surface area contributed by atoms with Gasteiger partial charge in [0.25, 0.3) is 5.56 Å². The highest BCUT2D eigenvalue weighted by Gasteiger charge is 2.11. The number of hydrogen-bond donors (Lipinski definition) is 2. The topological polar surface area (TPSA) is 93.1 Å². The monoisotopic (exact) mass is 462 g/mol. The molecule has 7 nitrogen and oxygen atoms in total. The quantitative estimate of drug-likeness (QED) is 0.608. The normalized spacial score (nSPS) is 10.7. The summed E-state index contributed by atoms with van der Waals surface area (Å²) in [7, 11) is 0. The number of carbonyl (C=O) groups is 2. The Labute approximate surface area is 173 Å². The molecule has 0 spiro atoms. The summed E-state index contributed by atoms with van der Waals surface area (Å²) in [4.78, 5) is 40.8. The van der Waals surface area contributed by atoms with Crippen LogP contribution in [-0.4, -0.2) is 27.9 Å². The van der Waals surface area contributed by atoms with Gasteiger partial charge in [-0.05, 0) is 42.8 Å². The van der Waals surface area contributed by atoms with Crippen molar-refractivity contribution in [3.8, 4) is 0 Å². The minimum Gasteiger partial charge on any atom is -0.345 e. The second-order valence-electron chi connectivity index (χ2n) is 6.15.